The van der Waals surface area contributed by atoms with E-state index in [-0.39, 0.29) is 42.3 Å². The molecule has 2 atom stereocenters. The van der Waals surface area contributed by atoms with Gasteiger partial charge in [0.15, 0.2) is 0 Å². The summed E-state index contributed by atoms with van der Waals surface area (Å²) in [5.74, 6) is 0.0571. The molecule has 9 heteroatoms. The Kier molecular flexibility index (Phi) is 8.63. The van der Waals surface area contributed by atoms with Crippen molar-refractivity contribution in [1.29, 1.82) is 0 Å². The molecule has 4 rings (SSSR count). The van der Waals surface area contributed by atoms with Gasteiger partial charge in [0.05, 0.1) is 12.6 Å². The predicted molar refractivity (Wildman–Crippen MR) is 142 cm³/mol. The van der Waals surface area contributed by atoms with Gasteiger partial charge in [0.1, 0.15) is 0 Å². The standard InChI is InChI=1S/C27H34N4O4.ClH/c1-17(2)30(27(34)35)25-13-18(3)31(19(4)32)24-10-9-22(14-23(24)25)21-7-5-20(6-8-21)16-29-12-11-28-15-26(29)33;/h5-10,14,17-18,25,28H,11-13,15-16H2,1-4H3,(H,34,35);1H/t18-,25+;/m0./s1. The van der Waals surface area contributed by atoms with Gasteiger partial charge in [0.2, 0.25) is 11.8 Å². The molecular formula is C27H35ClN4O4. The third-order valence-corrected chi connectivity index (χ3v) is 6.95. The maximum atomic E-state index is 12.5. The number of amides is 3. The molecule has 2 N–H and O–H groups in total. The molecule has 3 amide bonds. The van der Waals surface area contributed by atoms with Crippen LogP contribution in [0.4, 0.5) is 10.5 Å². The average Bonchev–Trinajstić information content (AvgIpc) is 2.80. The van der Waals surface area contributed by atoms with Crippen molar-refractivity contribution in [1.82, 2.24) is 15.1 Å². The lowest BCUT2D eigenvalue weighted by Crippen LogP contribution is -2.48. The number of anilines is 1. The minimum absolute atomic E-state index is 0. The van der Waals surface area contributed by atoms with Crippen molar-refractivity contribution in [3.63, 3.8) is 0 Å². The number of hydrogen-bond donors (Lipinski definition) is 2. The molecule has 2 aliphatic rings. The third-order valence-electron chi connectivity index (χ3n) is 6.95. The summed E-state index contributed by atoms with van der Waals surface area (Å²) in [6.07, 6.45) is -0.422. The highest BCUT2D eigenvalue weighted by atomic mass is 35.5. The van der Waals surface area contributed by atoms with Crippen molar-refractivity contribution in [2.24, 2.45) is 0 Å². The number of carboxylic acid groups (broad SMARTS) is 1. The Balaban J connectivity index is 0.00000361. The Morgan fingerprint density at radius 1 is 1.14 bits per heavy atom. The average molecular weight is 515 g/mol. The van der Waals surface area contributed by atoms with Crippen LogP contribution in [0.3, 0.4) is 0 Å². The number of nitrogens with one attached hydrogen (secondary N) is 1. The summed E-state index contributed by atoms with van der Waals surface area (Å²) in [6.45, 7) is 9.74. The van der Waals surface area contributed by atoms with Crippen LogP contribution in [-0.2, 0) is 16.1 Å². The quantitative estimate of drug-likeness (QED) is 0.621. The van der Waals surface area contributed by atoms with Gasteiger partial charge < -0.3 is 20.2 Å². The highest BCUT2D eigenvalue weighted by Crippen LogP contribution is 2.43. The lowest BCUT2D eigenvalue weighted by atomic mass is 9.87. The van der Waals surface area contributed by atoms with Gasteiger partial charge in [-0.3, -0.25) is 14.5 Å². The van der Waals surface area contributed by atoms with Crippen molar-refractivity contribution in [3.05, 3.63) is 53.6 Å². The molecule has 194 valence electrons. The number of halogens is 1. The summed E-state index contributed by atoms with van der Waals surface area (Å²) >= 11 is 0. The molecule has 0 unspecified atom stereocenters. The topological polar surface area (TPSA) is 93.2 Å². The first-order valence-corrected chi connectivity index (χ1v) is 12.2. The molecule has 1 fully saturated rings. The summed E-state index contributed by atoms with van der Waals surface area (Å²) in [5.41, 5.74) is 4.65. The van der Waals surface area contributed by atoms with Gasteiger partial charge in [0.25, 0.3) is 0 Å². The number of carbonyl (C=O) groups is 3. The third kappa shape index (κ3) is 5.50. The number of benzene rings is 2. The second kappa shape index (κ2) is 11.3. The first-order chi connectivity index (χ1) is 16.7. The number of piperazine rings is 1. The molecule has 0 spiro atoms. The van der Waals surface area contributed by atoms with Crippen molar-refractivity contribution < 1.29 is 19.5 Å². The zero-order valence-corrected chi connectivity index (χ0v) is 22.0. The normalized spacial score (nSPS) is 19.5. The summed E-state index contributed by atoms with van der Waals surface area (Å²) in [4.78, 5) is 41.8. The first-order valence-electron chi connectivity index (χ1n) is 12.2. The van der Waals surface area contributed by atoms with Crippen LogP contribution < -0.4 is 10.2 Å². The van der Waals surface area contributed by atoms with Crippen molar-refractivity contribution in [3.8, 4) is 11.1 Å². The van der Waals surface area contributed by atoms with E-state index >= 15 is 0 Å². The van der Waals surface area contributed by atoms with Crippen molar-refractivity contribution in [2.45, 2.75) is 58.8 Å². The van der Waals surface area contributed by atoms with Crippen molar-refractivity contribution >= 4 is 36.0 Å². The lowest BCUT2D eigenvalue weighted by Gasteiger charge is -2.43. The molecule has 2 aromatic rings. The summed E-state index contributed by atoms with van der Waals surface area (Å²) in [7, 11) is 0. The molecule has 0 radical (unpaired) electrons. The molecule has 0 bridgehead atoms. The van der Waals surface area contributed by atoms with E-state index in [0.717, 1.165) is 34.5 Å². The SMILES string of the molecule is CC(=O)N1c2ccc(-c3ccc(CN4CCNCC4=O)cc3)cc2[C@H](N(C(=O)O)C(C)C)C[C@@H]1C.Cl. The zero-order chi connectivity index (χ0) is 25.3. The minimum Gasteiger partial charge on any atom is -0.465 e. The fourth-order valence-electron chi connectivity index (χ4n) is 5.31. The fourth-order valence-corrected chi connectivity index (χ4v) is 5.31. The first kappa shape index (κ1) is 27.5. The van der Waals surface area contributed by atoms with Crippen LogP contribution in [-0.4, -0.2) is 64.5 Å². The van der Waals surface area contributed by atoms with E-state index in [9.17, 15) is 19.5 Å². The molecule has 36 heavy (non-hydrogen) atoms. The van der Waals surface area contributed by atoms with Gasteiger partial charge in [-0.15, -0.1) is 12.4 Å². The van der Waals surface area contributed by atoms with E-state index in [1.54, 1.807) is 11.8 Å². The number of nitrogens with zero attached hydrogens (tertiary/aromatic N) is 3. The minimum atomic E-state index is -0.961. The highest BCUT2D eigenvalue weighted by Gasteiger charge is 2.38. The molecule has 2 aliphatic heterocycles. The van der Waals surface area contributed by atoms with Gasteiger partial charge in [-0.2, -0.15) is 0 Å². The Morgan fingerprint density at radius 3 is 2.39 bits per heavy atom. The van der Waals surface area contributed by atoms with E-state index in [4.69, 9.17) is 0 Å². The monoisotopic (exact) mass is 514 g/mol. The second-order valence-electron chi connectivity index (χ2n) is 9.74. The molecule has 2 heterocycles. The smallest absolute Gasteiger partial charge is 0.408 e. The Labute approximate surface area is 218 Å². The maximum absolute atomic E-state index is 12.5. The van der Waals surface area contributed by atoms with Crippen LogP contribution in [0, 0.1) is 0 Å². The molecule has 0 saturated carbocycles. The Morgan fingerprint density at radius 2 is 1.81 bits per heavy atom. The molecule has 1 saturated heterocycles. The molecular weight excluding hydrogens is 480 g/mol. The van der Waals surface area contributed by atoms with Gasteiger partial charge in [-0.25, -0.2) is 4.79 Å². The van der Waals surface area contributed by atoms with E-state index < -0.39 is 6.09 Å². The van der Waals surface area contributed by atoms with Crippen molar-refractivity contribution in [2.75, 3.05) is 24.5 Å². The highest BCUT2D eigenvalue weighted by molar-refractivity contribution is 5.94. The van der Waals surface area contributed by atoms with Crippen LogP contribution in [0.15, 0.2) is 42.5 Å². The number of hydrogen-bond acceptors (Lipinski definition) is 4. The van der Waals surface area contributed by atoms with Gasteiger partial charge in [-0.05, 0) is 61.6 Å². The maximum Gasteiger partial charge on any atom is 0.408 e. The summed E-state index contributed by atoms with van der Waals surface area (Å²) in [6, 6.07) is 13.4. The fraction of sp³-hybridized carbons (Fsp3) is 0.444. The van der Waals surface area contributed by atoms with Crippen LogP contribution in [0.5, 0.6) is 0 Å². The van der Waals surface area contributed by atoms with Gasteiger partial charge >= 0.3 is 6.09 Å². The predicted octanol–water partition coefficient (Wildman–Crippen LogP) is 4.28. The number of carbonyl (C=O) groups excluding carboxylic acids is 2. The largest absolute Gasteiger partial charge is 0.465 e. The zero-order valence-electron chi connectivity index (χ0n) is 21.2. The van der Waals surface area contributed by atoms with E-state index in [0.29, 0.717) is 26.1 Å². The molecule has 2 aromatic carbocycles. The van der Waals surface area contributed by atoms with Crippen LogP contribution in [0.25, 0.3) is 11.1 Å². The molecule has 0 aromatic heterocycles. The second-order valence-corrected chi connectivity index (χ2v) is 9.74. The number of rotatable bonds is 5. The Bertz CT molecular complexity index is 1120. The number of fused-ring (bicyclic) bond motifs is 1. The molecule has 8 nitrogen and oxygen atoms in total. The summed E-state index contributed by atoms with van der Waals surface area (Å²) < 4.78 is 0. The Hall–Kier alpha value is -3.10. The van der Waals surface area contributed by atoms with Crippen LogP contribution in [0.1, 0.15) is 51.3 Å². The summed E-state index contributed by atoms with van der Waals surface area (Å²) in [5, 5.41) is 13.1. The molecule has 0 aliphatic carbocycles. The van der Waals surface area contributed by atoms with E-state index in [2.05, 4.69) is 5.32 Å². The lowest BCUT2D eigenvalue weighted by molar-refractivity contribution is -0.132. The van der Waals surface area contributed by atoms with Gasteiger partial charge in [0, 0.05) is 44.3 Å². The van der Waals surface area contributed by atoms with E-state index in [1.807, 2.05) is 68.1 Å². The van der Waals surface area contributed by atoms with Gasteiger partial charge in [-0.1, -0.05) is 30.3 Å². The van der Waals surface area contributed by atoms with E-state index in [1.165, 1.54) is 4.90 Å². The van der Waals surface area contributed by atoms with Crippen LogP contribution in [0.2, 0.25) is 0 Å². The van der Waals surface area contributed by atoms with Crippen LogP contribution >= 0.6 is 12.4 Å².